The van der Waals surface area contributed by atoms with Gasteiger partial charge in [0.2, 0.25) is 11.8 Å². The molecule has 0 bridgehead atoms. The van der Waals surface area contributed by atoms with Gasteiger partial charge >= 0.3 is 0 Å². The molecule has 1 aromatic heterocycles. The van der Waals surface area contributed by atoms with Crippen molar-refractivity contribution in [1.82, 2.24) is 14.8 Å². The third-order valence-electron chi connectivity index (χ3n) is 6.79. The van der Waals surface area contributed by atoms with Crippen molar-refractivity contribution >= 4 is 22.7 Å². The van der Waals surface area contributed by atoms with Crippen LogP contribution in [0.15, 0.2) is 48.5 Å². The van der Waals surface area contributed by atoms with Gasteiger partial charge in [-0.2, -0.15) is 0 Å². The van der Waals surface area contributed by atoms with Gasteiger partial charge in [-0.3, -0.25) is 9.59 Å². The van der Waals surface area contributed by atoms with E-state index in [1.54, 1.807) is 0 Å². The topological polar surface area (TPSA) is 65.6 Å². The van der Waals surface area contributed by atoms with E-state index in [4.69, 9.17) is 4.74 Å². The molecular weight excluding hydrogens is 390 g/mol. The van der Waals surface area contributed by atoms with Gasteiger partial charge in [0.1, 0.15) is 24.4 Å². The van der Waals surface area contributed by atoms with Crippen LogP contribution in [0.2, 0.25) is 0 Å². The summed E-state index contributed by atoms with van der Waals surface area (Å²) in [5.74, 6) is 0.846. The Kier molecular flexibility index (Phi) is 4.10. The Morgan fingerprint density at radius 3 is 2.65 bits per heavy atom. The number of nitrogens with zero attached hydrogens (tertiary/aromatic N) is 2. The highest BCUT2D eigenvalue weighted by molar-refractivity contribution is 5.98. The van der Waals surface area contributed by atoms with Crippen LogP contribution >= 0.6 is 0 Å². The fraction of sp³-hybridized carbons (Fsp3) is 0.360. The summed E-state index contributed by atoms with van der Waals surface area (Å²) in [7, 11) is 0. The van der Waals surface area contributed by atoms with Gasteiger partial charge < -0.3 is 19.5 Å². The van der Waals surface area contributed by atoms with E-state index in [1.165, 1.54) is 0 Å². The van der Waals surface area contributed by atoms with E-state index in [0.29, 0.717) is 13.0 Å². The molecule has 2 atom stereocenters. The van der Waals surface area contributed by atoms with Gasteiger partial charge in [0, 0.05) is 34.6 Å². The molecule has 158 valence electrons. The number of piperazine rings is 1. The molecule has 3 heterocycles. The molecule has 3 aliphatic rings. The first-order chi connectivity index (χ1) is 15.2. The third-order valence-corrected chi connectivity index (χ3v) is 6.79. The van der Waals surface area contributed by atoms with Gasteiger partial charge in [0.05, 0.1) is 6.61 Å². The van der Waals surface area contributed by atoms with Crippen molar-refractivity contribution in [2.45, 2.75) is 44.3 Å². The van der Waals surface area contributed by atoms with Crippen LogP contribution < -0.4 is 4.74 Å². The Morgan fingerprint density at radius 2 is 1.84 bits per heavy atom. The average Bonchev–Trinajstić information content (AvgIpc) is 3.56. The van der Waals surface area contributed by atoms with Crippen LogP contribution in [-0.4, -0.2) is 51.8 Å². The number of fused-ring (bicyclic) bond motifs is 4. The number of aromatic nitrogens is 1. The largest absolute Gasteiger partial charge is 0.494 e. The quantitative estimate of drug-likeness (QED) is 0.710. The van der Waals surface area contributed by atoms with E-state index in [-0.39, 0.29) is 30.4 Å². The van der Waals surface area contributed by atoms with E-state index < -0.39 is 6.04 Å². The monoisotopic (exact) mass is 415 g/mol. The van der Waals surface area contributed by atoms with Crippen molar-refractivity contribution in [1.29, 1.82) is 0 Å². The molecule has 3 aromatic rings. The summed E-state index contributed by atoms with van der Waals surface area (Å²) in [5.41, 5.74) is 4.07. The number of rotatable bonds is 4. The van der Waals surface area contributed by atoms with Crippen LogP contribution in [0, 0.1) is 0 Å². The third kappa shape index (κ3) is 2.77. The molecule has 2 aromatic carbocycles. The summed E-state index contributed by atoms with van der Waals surface area (Å²) in [4.78, 5) is 34.2. The van der Waals surface area contributed by atoms with E-state index in [9.17, 15) is 9.59 Å². The molecule has 0 unspecified atom stereocenters. The second kappa shape index (κ2) is 6.87. The van der Waals surface area contributed by atoms with E-state index >= 15 is 0 Å². The van der Waals surface area contributed by atoms with E-state index in [1.807, 2.05) is 53.1 Å². The van der Waals surface area contributed by atoms with Gasteiger partial charge in [0.25, 0.3) is 0 Å². The minimum absolute atomic E-state index is 0.0112. The van der Waals surface area contributed by atoms with Crippen molar-refractivity contribution in [2.24, 2.45) is 0 Å². The molecule has 1 saturated heterocycles. The lowest BCUT2D eigenvalue weighted by atomic mass is 9.86. The molecule has 2 aliphatic heterocycles. The normalized spacial score (nSPS) is 23.1. The minimum Gasteiger partial charge on any atom is -0.494 e. The minimum atomic E-state index is -0.478. The van der Waals surface area contributed by atoms with Gasteiger partial charge in [-0.05, 0) is 37.5 Å². The lowest BCUT2D eigenvalue weighted by Gasteiger charge is -2.47. The number of H-pyrrole nitrogens is 1. The van der Waals surface area contributed by atoms with Crippen molar-refractivity contribution in [3.8, 4) is 5.75 Å². The molecule has 6 nitrogen and oxygen atoms in total. The Bertz CT molecular complexity index is 1200. The maximum absolute atomic E-state index is 13.5. The van der Waals surface area contributed by atoms with Gasteiger partial charge in [0.15, 0.2) is 0 Å². The van der Waals surface area contributed by atoms with Crippen LogP contribution in [0.25, 0.3) is 10.9 Å². The molecule has 6 heteroatoms. The molecular formula is C25H25N3O3. The first-order valence-electron chi connectivity index (χ1n) is 11.1. The first kappa shape index (κ1) is 18.5. The standard InChI is InChI=1S/C25H25N3O3/c1-2-31-21-10-6-4-8-17(21)24-23-18(16-7-3-5-9-19(16)26-23)13-20-25(30)27(15-11-12-15)14-22(29)28(20)24/h3-10,15,20,24,26H,2,11-14H2,1H3/t20-,24+/m0/s1. The Hall–Kier alpha value is -3.28. The number of amides is 2. The van der Waals surface area contributed by atoms with Crippen LogP contribution in [0.5, 0.6) is 5.75 Å². The average molecular weight is 415 g/mol. The maximum Gasteiger partial charge on any atom is 0.246 e. The molecule has 1 N–H and O–H groups in total. The predicted molar refractivity (Wildman–Crippen MR) is 117 cm³/mol. The SMILES string of the molecule is CCOc1ccccc1[C@@H]1c2[nH]c3ccccc3c2C[C@H]2C(=O)N(C3CC3)CC(=O)N12. The maximum atomic E-state index is 13.5. The molecule has 0 radical (unpaired) electrons. The first-order valence-corrected chi connectivity index (χ1v) is 11.1. The Morgan fingerprint density at radius 1 is 1.06 bits per heavy atom. The van der Waals surface area contributed by atoms with E-state index in [2.05, 4.69) is 17.1 Å². The molecule has 2 amide bonds. The fourth-order valence-electron chi connectivity index (χ4n) is 5.30. The summed E-state index contributed by atoms with van der Waals surface area (Å²) in [6.45, 7) is 2.66. The second-order valence-corrected chi connectivity index (χ2v) is 8.65. The highest BCUT2D eigenvalue weighted by Crippen LogP contribution is 2.45. The molecule has 0 spiro atoms. The summed E-state index contributed by atoms with van der Waals surface area (Å²) < 4.78 is 5.94. The molecule has 2 fully saturated rings. The Balaban J connectivity index is 1.56. The van der Waals surface area contributed by atoms with Gasteiger partial charge in [-0.1, -0.05) is 36.4 Å². The predicted octanol–water partition coefficient (Wildman–Crippen LogP) is 3.41. The van der Waals surface area contributed by atoms with Gasteiger partial charge in [-0.25, -0.2) is 0 Å². The zero-order chi connectivity index (χ0) is 21.1. The van der Waals surface area contributed by atoms with Crippen molar-refractivity contribution in [3.63, 3.8) is 0 Å². The number of carbonyl (C=O) groups is 2. The number of hydrogen-bond acceptors (Lipinski definition) is 3. The number of nitrogens with one attached hydrogen (secondary N) is 1. The second-order valence-electron chi connectivity index (χ2n) is 8.65. The van der Waals surface area contributed by atoms with Crippen molar-refractivity contribution < 1.29 is 14.3 Å². The number of hydrogen-bond donors (Lipinski definition) is 1. The smallest absolute Gasteiger partial charge is 0.246 e. The highest BCUT2D eigenvalue weighted by Gasteiger charge is 2.51. The zero-order valence-electron chi connectivity index (χ0n) is 17.5. The number of aromatic amines is 1. The van der Waals surface area contributed by atoms with Crippen LogP contribution in [0.1, 0.15) is 42.6 Å². The molecule has 1 saturated carbocycles. The van der Waals surface area contributed by atoms with Gasteiger partial charge in [-0.15, -0.1) is 0 Å². The molecule has 1 aliphatic carbocycles. The fourth-order valence-corrected chi connectivity index (χ4v) is 5.30. The summed E-state index contributed by atoms with van der Waals surface area (Å²) in [5, 5.41) is 1.12. The lowest BCUT2D eigenvalue weighted by molar-refractivity contribution is -0.159. The van der Waals surface area contributed by atoms with Crippen LogP contribution in [0.4, 0.5) is 0 Å². The number of carbonyl (C=O) groups excluding carboxylic acids is 2. The van der Waals surface area contributed by atoms with E-state index in [0.717, 1.165) is 46.3 Å². The van der Waals surface area contributed by atoms with Crippen molar-refractivity contribution in [3.05, 3.63) is 65.4 Å². The summed E-state index contributed by atoms with van der Waals surface area (Å²) >= 11 is 0. The zero-order valence-corrected chi connectivity index (χ0v) is 17.5. The number of benzene rings is 2. The Labute approximate surface area is 180 Å². The summed E-state index contributed by atoms with van der Waals surface area (Å²) in [6.07, 6.45) is 2.54. The number of ether oxygens (including phenoxy) is 1. The highest BCUT2D eigenvalue weighted by atomic mass is 16.5. The van der Waals surface area contributed by atoms with Crippen molar-refractivity contribution in [2.75, 3.05) is 13.2 Å². The molecule has 31 heavy (non-hydrogen) atoms. The lowest BCUT2D eigenvalue weighted by Crippen LogP contribution is -2.63. The molecule has 6 rings (SSSR count). The van der Waals surface area contributed by atoms with Crippen LogP contribution in [0.3, 0.4) is 0 Å². The number of para-hydroxylation sites is 2. The van der Waals surface area contributed by atoms with Crippen LogP contribution in [-0.2, 0) is 16.0 Å². The summed E-state index contributed by atoms with van der Waals surface area (Å²) in [6, 6.07) is 15.4.